The molecule has 0 fully saturated rings. The van der Waals surface area contributed by atoms with Gasteiger partial charge in [0.25, 0.3) is 11.5 Å². The van der Waals surface area contributed by atoms with Crippen molar-refractivity contribution >= 4 is 11.9 Å². The Morgan fingerprint density at radius 2 is 2.17 bits per heavy atom. The van der Waals surface area contributed by atoms with E-state index < -0.39 is 18.0 Å². The highest BCUT2D eigenvalue weighted by Gasteiger charge is 2.14. The number of carbonyl (C=O) groups excluding carboxylic acids is 1. The molecule has 98 valence electrons. The molecule has 0 saturated carbocycles. The van der Waals surface area contributed by atoms with E-state index >= 15 is 0 Å². The number of aliphatic carboxylic acids is 1. The van der Waals surface area contributed by atoms with E-state index in [2.05, 4.69) is 10.4 Å². The molecule has 0 radical (unpaired) electrons. The van der Waals surface area contributed by atoms with Gasteiger partial charge < -0.3 is 15.5 Å². The Morgan fingerprint density at radius 1 is 1.50 bits per heavy atom. The molecule has 1 amide bonds. The van der Waals surface area contributed by atoms with E-state index in [0.717, 1.165) is 4.68 Å². The number of hydrogen-bond acceptors (Lipinski definition) is 5. The number of amides is 1. The number of carboxylic acids is 1. The zero-order valence-electron chi connectivity index (χ0n) is 9.66. The zero-order chi connectivity index (χ0) is 13.7. The molecule has 0 saturated heterocycles. The predicted octanol–water partition coefficient (Wildman–Crippen LogP) is -1.65. The highest BCUT2D eigenvalue weighted by atomic mass is 16.4. The first kappa shape index (κ1) is 13.8. The predicted molar refractivity (Wildman–Crippen MR) is 60.1 cm³/mol. The SMILES string of the molecule is Cn1nc(C(=O)NCCC(O)C(=O)O)ccc1=O. The fraction of sp³-hybridized carbons (Fsp3) is 0.400. The van der Waals surface area contributed by atoms with Crippen LogP contribution in [-0.4, -0.2) is 44.5 Å². The number of hydrogen-bond donors (Lipinski definition) is 3. The van der Waals surface area contributed by atoms with Crippen LogP contribution >= 0.6 is 0 Å². The smallest absolute Gasteiger partial charge is 0.332 e. The molecule has 0 bridgehead atoms. The van der Waals surface area contributed by atoms with Gasteiger partial charge in [-0.15, -0.1) is 0 Å². The van der Waals surface area contributed by atoms with Gasteiger partial charge in [0.1, 0.15) is 5.69 Å². The average Bonchev–Trinajstić information content (AvgIpc) is 2.32. The molecule has 8 heteroatoms. The molecule has 1 aromatic rings. The molecule has 0 spiro atoms. The summed E-state index contributed by atoms with van der Waals surface area (Å²) in [5.74, 6) is -1.88. The van der Waals surface area contributed by atoms with Crippen molar-refractivity contribution in [2.45, 2.75) is 12.5 Å². The monoisotopic (exact) mass is 255 g/mol. The third-order valence-electron chi connectivity index (χ3n) is 2.18. The van der Waals surface area contributed by atoms with Crippen LogP contribution in [0.25, 0.3) is 0 Å². The van der Waals surface area contributed by atoms with E-state index in [1.165, 1.54) is 19.2 Å². The summed E-state index contributed by atoms with van der Waals surface area (Å²) in [5.41, 5.74) is -0.297. The van der Waals surface area contributed by atoms with Gasteiger partial charge in [0.05, 0.1) is 0 Å². The Morgan fingerprint density at radius 3 is 2.72 bits per heavy atom. The zero-order valence-corrected chi connectivity index (χ0v) is 9.66. The van der Waals surface area contributed by atoms with E-state index in [9.17, 15) is 14.4 Å². The summed E-state index contributed by atoms with van der Waals surface area (Å²) in [6.45, 7) is -0.00315. The molecular formula is C10H13N3O5. The number of aliphatic hydroxyl groups excluding tert-OH is 1. The number of aliphatic hydroxyl groups is 1. The number of carboxylic acid groups (broad SMARTS) is 1. The van der Waals surface area contributed by atoms with Gasteiger partial charge in [0, 0.05) is 26.1 Å². The van der Waals surface area contributed by atoms with Crippen molar-refractivity contribution in [3.05, 3.63) is 28.2 Å². The molecule has 0 aliphatic rings. The maximum Gasteiger partial charge on any atom is 0.332 e. The number of nitrogens with zero attached hydrogens (tertiary/aromatic N) is 2. The summed E-state index contributed by atoms with van der Waals surface area (Å²) in [6.07, 6.45) is -1.62. The van der Waals surface area contributed by atoms with Crippen molar-refractivity contribution < 1.29 is 19.8 Å². The second-order valence-corrected chi connectivity index (χ2v) is 3.58. The molecular weight excluding hydrogens is 242 g/mol. The van der Waals surface area contributed by atoms with Crippen LogP contribution in [0.1, 0.15) is 16.9 Å². The van der Waals surface area contributed by atoms with E-state index in [-0.39, 0.29) is 24.2 Å². The Kier molecular flexibility index (Phi) is 4.55. The highest BCUT2D eigenvalue weighted by molar-refractivity contribution is 5.92. The van der Waals surface area contributed by atoms with E-state index in [1.807, 2.05) is 0 Å². The van der Waals surface area contributed by atoms with Crippen molar-refractivity contribution in [1.29, 1.82) is 0 Å². The quantitative estimate of drug-likeness (QED) is 0.579. The van der Waals surface area contributed by atoms with Crippen molar-refractivity contribution in [3.8, 4) is 0 Å². The van der Waals surface area contributed by atoms with Crippen molar-refractivity contribution in [3.63, 3.8) is 0 Å². The number of aryl methyl sites for hydroxylation is 1. The molecule has 18 heavy (non-hydrogen) atoms. The van der Waals surface area contributed by atoms with Gasteiger partial charge in [-0.25, -0.2) is 9.48 Å². The first-order valence-corrected chi connectivity index (χ1v) is 5.15. The minimum Gasteiger partial charge on any atom is -0.479 e. The highest BCUT2D eigenvalue weighted by Crippen LogP contribution is 1.93. The number of rotatable bonds is 5. The molecule has 0 aliphatic heterocycles. The maximum atomic E-state index is 11.5. The van der Waals surface area contributed by atoms with Crippen LogP contribution < -0.4 is 10.9 Å². The second-order valence-electron chi connectivity index (χ2n) is 3.58. The van der Waals surface area contributed by atoms with Crippen LogP contribution in [0.15, 0.2) is 16.9 Å². The van der Waals surface area contributed by atoms with Gasteiger partial charge >= 0.3 is 5.97 Å². The topological polar surface area (TPSA) is 122 Å². The van der Waals surface area contributed by atoms with Crippen LogP contribution in [0.2, 0.25) is 0 Å². The Bertz CT molecular complexity index is 510. The van der Waals surface area contributed by atoms with Gasteiger partial charge in [-0.2, -0.15) is 5.10 Å². The van der Waals surface area contributed by atoms with Crippen LogP contribution in [0.5, 0.6) is 0 Å². The van der Waals surface area contributed by atoms with Crippen molar-refractivity contribution in [2.24, 2.45) is 7.05 Å². The normalized spacial score (nSPS) is 11.9. The fourth-order valence-corrected chi connectivity index (χ4v) is 1.16. The van der Waals surface area contributed by atoms with E-state index in [1.54, 1.807) is 0 Å². The molecule has 0 aliphatic carbocycles. The lowest BCUT2D eigenvalue weighted by Crippen LogP contribution is -2.32. The second kappa shape index (κ2) is 5.92. The maximum absolute atomic E-state index is 11.5. The van der Waals surface area contributed by atoms with E-state index in [4.69, 9.17) is 10.2 Å². The molecule has 8 nitrogen and oxygen atoms in total. The number of carbonyl (C=O) groups is 2. The molecule has 1 heterocycles. The van der Waals surface area contributed by atoms with Gasteiger partial charge in [-0.05, 0) is 6.07 Å². The summed E-state index contributed by atoms with van der Waals surface area (Å²) in [6, 6.07) is 2.47. The third-order valence-corrected chi connectivity index (χ3v) is 2.18. The minimum atomic E-state index is -1.52. The summed E-state index contributed by atoms with van der Waals surface area (Å²) < 4.78 is 1.01. The molecule has 0 aromatic carbocycles. The first-order valence-electron chi connectivity index (χ1n) is 5.15. The Labute approximate surface area is 102 Å². The summed E-state index contributed by atoms with van der Waals surface area (Å²) in [7, 11) is 1.41. The first-order chi connectivity index (χ1) is 8.41. The Hall–Kier alpha value is -2.22. The van der Waals surface area contributed by atoms with Gasteiger partial charge in [0.2, 0.25) is 0 Å². The lowest BCUT2D eigenvalue weighted by Gasteiger charge is -2.07. The van der Waals surface area contributed by atoms with Crippen LogP contribution in [0.3, 0.4) is 0 Å². The molecule has 1 atom stereocenters. The Balaban J connectivity index is 2.53. The van der Waals surface area contributed by atoms with Gasteiger partial charge in [-0.3, -0.25) is 9.59 Å². The molecule has 1 aromatic heterocycles. The number of nitrogens with one attached hydrogen (secondary N) is 1. The third kappa shape index (κ3) is 3.67. The fourth-order valence-electron chi connectivity index (χ4n) is 1.16. The van der Waals surface area contributed by atoms with Gasteiger partial charge in [0.15, 0.2) is 6.10 Å². The van der Waals surface area contributed by atoms with Crippen LogP contribution in [0, 0.1) is 0 Å². The van der Waals surface area contributed by atoms with Crippen LogP contribution in [0.4, 0.5) is 0 Å². The molecule has 1 rings (SSSR count). The number of aromatic nitrogens is 2. The van der Waals surface area contributed by atoms with Gasteiger partial charge in [-0.1, -0.05) is 0 Å². The lowest BCUT2D eigenvalue weighted by atomic mass is 10.2. The summed E-state index contributed by atoms with van der Waals surface area (Å²) >= 11 is 0. The minimum absolute atomic E-state index is 0.00315. The average molecular weight is 255 g/mol. The van der Waals surface area contributed by atoms with Crippen LogP contribution in [-0.2, 0) is 11.8 Å². The molecule has 3 N–H and O–H groups in total. The van der Waals surface area contributed by atoms with Crippen molar-refractivity contribution in [2.75, 3.05) is 6.54 Å². The largest absolute Gasteiger partial charge is 0.479 e. The standard InChI is InChI=1S/C10H13N3O5/c1-13-8(15)3-2-6(12-13)9(16)11-5-4-7(14)10(17)18/h2-3,7,14H,4-5H2,1H3,(H,11,16)(H,17,18). The summed E-state index contributed by atoms with van der Waals surface area (Å²) in [4.78, 5) is 32.9. The summed E-state index contributed by atoms with van der Waals surface area (Å²) in [5, 5.41) is 23.5. The van der Waals surface area contributed by atoms with E-state index in [0.29, 0.717) is 0 Å². The molecule has 1 unspecified atom stereocenters. The lowest BCUT2D eigenvalue weighted by molar-refractivity contribution is -0.146. The van der Waals surface area contributed by atoms with Crippen molar-refractivity contribution in [1.82, 2.24) is 15.1 Å².